The summed E-state index contributed by atoms with van der Waals surface area (Å²) in [5, 5.41) is 11.3. The maximum Gasteiger partial charge on any atom is 0.0716 e. The highest BCUT2D eigenvalue weighted by Crippen LogP contribution is 2.52. The Balaban J connectivity index is 1.08. The van der Waals surface area contributed by atoms with Gasteiger partial charge in [0.25, 0.3) is 0 Å². The minimum atomic E-state index is 0.969. The fourth-order valence-corrected chi connectivity index (χ4v) is 9.24. The molecule has 242 valence electrons. The zero-order valence-electron chi connectivity index (χ0n) is 28.1. The average Bonchev–Trinajstić information content (AvgIpc) is 3.22. The van der Waals surface area contributed by atoms with Gasteiger partial charge in [-0.25, -0.2) is 4.98 Å². The predicted molar refractivity (Wildman–Crippen MR) is 221 cm³/mol. The summed E-state index contributed by atoms with van der Waals surface area (Å²) in [5.41, 5.74) is 8.98. The lowest BCUT2D eigenvalue weighted by Crippen LogP contribution is -2.14. The Morgan fingerprint density at radius 1 is 0.385 bits per heavy atom. The van der Waals surface area contributed by atoms with Crippen molar-refractivity contribution in [2.45, 2.75) is 9.79 Å². The molecule has 0 radical (unpaired) electrons. The van der Waals surface area contributed by atoms with Gasteiger partial charge in [-0.15, -0.1) is 0 Å². The first-order chi connectivity index (χ1) is 25.8. The molecule has 0 amide bonds. The maximum absolute atomic E-state index is 5.27. The lowest BCUT2D eigenvalue weighted by atomic mass is 9.91. The molecule has 1 aliphatic rings. The fourth-order valence-electron chi connectivity index (χ4n) is 8.15. The minimum absolute atomic E-state index is 0.969. The summed E-state index contributed by atoms with van der Waals surface area (Å²) in [6.07, 6.45) is 0. The lowest BCUT2D eigenvalue weighted by molar-refractivity contribution is 1.17. The van der Waals surface area contributed by atoms with Gasteiger partial charge in [0.2, 0.25) is 0 Å². The van der Waals surface area contributed by atoms with Crippen LogP contribution in [0.4, 0.5) is 17.1 Å². The number of benzene rings is 9. The van der Waals surface area contributed by atoms with Gasteiger partial charge in [0, 0.05) is 26.4 Å². The summed E-state index contributed by atoms with van der Waals surface area (Å²) >= 11 is 1.83. The molecule has 52 heavy (non-hydrogen) atoms. The zero-order chi connectivity index (χ0) is 34.2. The molecule has 0 spiro atoms. The highest BCUT2D eigenvalue weighted by molar-refractivity contribution is 7.99. The SMILES string of the molecule is c1ccc2c(c1)Sc1cc(-c3cc(-c4ccc5c6ccccc6c6ccccc6c5c4)c4ccccc4n3)ccc1N2c1ccc2ccccc2c1. The van der Waals surface area contributed by atoms with Crippen molar-refractivity contribution in [1.29, 1.82) is 0 Å². The molecule has 9 aromatic carbocycles. The Kier molecular flexibility index (Phi) is 6.52. The van der Waals surface area contributed by atoms with Crippen molar-refractivity contribution >= 4 is 82.8 Å². The van der Waals surface area contributed by atoms with E-state index in [0.29, 0.717) is 0 Å². The fraction of sp³-hybridized carbons (Fsp3) is 0. The number of para-hydroxylation sites is 2. The Bertz CT molecular complexity index is 3040. The molecule has 0 fully saturated rings. The molecule has 0 saturated heterocycles. The third-order valence-corrected chi connectivity index (χ3v) is 11.7. The lowest BCUT2D eigenvalue weighted by Gasteiger charge is -2.33. The number of rotatable bonds is 3. The van der Waals surface area contributed by atoms with E-state index in [1.807, 2.05) is 11.8 Å². The molecule has 1 aromatic heterocycles. The first-order valence-corrected chi connectivity index (χ1v) is 18.5. The van der Waals surface area contributed by atoms with Crippen molar-refractivity contribution in [1.82, 2.24) is 4.98 Å². The smallest absolute Gasteiger partial charge is 0.0716 e. The molecule has 0 aliphatic carbocycles. The average molecular weight is 679 g/mol. The van der Waals surface area contributed by atoms with E-state index in [2.05, 4.69) is 187 Å². The van der Waals surface area contributed by atoms with E-state index >= 15 is 0 Å². The van der Waals surface area contributed by atoms with Crippen LogP contribution in [0.25, 0.3) is 76.4 Å². The highest BCUT2D eigenvalue weighted by Gasteiger charge is 2.25. The second-order valence-electron chi connectivity index (χ2n) is 13.5. The van der Waals surface area contributed by atoms with Crippen LogP contribution in [0.5, 0.6) is 0 Å². The van der Waals surface area contributed by atoms with E-state index in [0.717, 1.165) is 27.8 Å². The van der Waals surface area contributed by atoms with Crippen LogP contribution in [-0.2, 0) is 0 Å². The number of hydrogen-bond acceptors (Lipinski definition) is 3. The number of fused-ring (bicyclic) bond motifs is 10. The molecule has 11 rings (SSSR count). The highest BCUT2D eigenvalue weighted by atomic mass is 32.2. The van der Waals surface area contributed by atoms with Crippen molar-refractivity contribution in [3.05, 3.63) is 182 Å². The van der Waals surface area contributed by atoms with Gasteiger partial charge in [-0.1, -0.05) is 139 Å². The standard InChI is InChI=1S/C49H30N2S/c1-2-12-32-27-35(24-21-31(32)11-1)51-46-19-9-10-20-48(46)52-49-29-34(23-26-47(49)51)45-30-42(41-17-7-8-18-44(41)50-45)33-22-25-40-38-15-4-3-13-36(38)37-14-5-6-16-39(37)43(40)28-33/h1-30H. The van der Waals surface area contributed by atoms with Crippen molar-refractivity contribution in [2.24, 2.45) is 0 Å². The van der Waals surface area contributed by atoms with Gasteiger partial charge < -0.3 is 4.90 Å². The first-order valence-electron chi connectivity index (χ1n) is 17.7. The molecule has 0 unspecified atom stereocenters. The molecule has 0 bridgehead atoms. The Morgan fingerprint density at radius 3 is 1.81 bits per heavy atom. The summed E-state index contributed by atoms with van der Waals surface area (Å²) < 4.78 is 0. The van der Waals surface area contributed by atoms with Gasteiger partial charge in [0.05, 0.1) is 22.6 Å². The van der Waals surface area contributed by atoms with Crippen LogP contribution in [-0.4, -0.2) is 4.98 Å². The number of pyridine rings is 1. The van der Waals surface area contributed by atoms with E-state index in [4.69, 9.17) is 4.98 Å². The molecule has 0 N–H and O–H groups in total. The van der Waals surface area contributed by atoms with Gasteiger partial charge in [0.1, 0.15) is 0 Å². The molecule has 2 nitrogen and oxygen atoms in total. The van der Waals surface area contributed by atoms with Gasteiger partial charge in [0.15, 0.2) is 0 Å². The van der Waals surface area contributed by atoms with E-state index in [9.17, 15) is 0 Å². The zero-order valence-corrected chi connectivity index (χ0v) is 28.9. The molecule has 0 atom stereocenters. The van der Waals surface area contributed by atoms with Crippen molar-refractivity contribution in [2.75, 3.05) is 4.90 Å². The maximum atomic E-state index is 5.27. The normalized spacial score (nSPS) is 12.5. The molecule has 2 heterocycles. The van der Waals surface area contributed by atoms with Crippen LogP contribution in [0.3, 0.4) is 0 Å². The molecular weight excluding hydrogens is 649 g/mol. The third-order valence-electron chi connectivity index (χ3n) is 10.6. The van der Waals surface area contributed by atoms with Crippen LogP contribution in [0.15, 0.2) is 192 Å². The van der Waals surface area contributed by atoms with E-state index in [1.165, 1.54) is 75.4 Å². The van der Waals surface area contributed by atoms with E-state index in [1.54, 1.807) is 0 Å². The number of anilines is 3. The predicted octanol–water partition coefficient (Wildman–Crippen LogP) is 14.1. The third kappa shape index (κ3) is 4.56. The molecule has 0 saturated carbocycles. The molecule has 10 aromatic rings. The summed E-state index contributed by atoms with van der Waals surface area (Å²) in [5.74, 6) is 0. The summed E-state index contributed by atoms with van der Waals surface area (Å²) in [7, 11) is 0. The Labute approximate surface area is 305 Å². The molecule has 3 heteroatoms. The summed E-state index contributed by atoms with van der Waals surface area (Å²) in [4.78, 5) is 10.1. The van der Waals surface area contributed by atoms with Crippen molar-refractivity contribution in [3.8, 4) is 22.4 Å². The van der Waals surface area contributed by atoms with E-state index in [-0.39, 0.29) is 0 Å². The Hall–Kier alpha value is -6.42. The van der Waals surface area contributed by atoms with Crippen LogP contribution in [0.1, 0.15) is 0 Å². The number of nitrogens with zero attached hydrogens (tertiary/aromatic N) is 2. The van der Waals surface area contributed by atoms with Gasteiger partial charge in [-0.3, -0.25) is 0 Å². The van der Waals surface area contributed by atoms with Crippen molar-refractivity contribution < 1.29 is 0 Å². The van der Waals surface area contributed by atoms with Gasteiger partial charge >= 0.3 is 0 Å². The quantitative estimate of drug-likeness (QED) is 0.173. The molecule has 1 aliphatic heterocycles. The number of aromatic nitrogens is 1. The van der Waals surface area contributed by atoms with Crippen LogP contribution < -0.4 is 4.90 Å². The van der Waals surface area contributed by atoms with Crippen LogP contribution in [0.2, 0.25) is 0 Å². The van der Waals surface area contributed by atoms with Gasteiger partial charge in [-0.05, 0) is 109 Å². The largest absolute Gasteiger partial charge is 0.308 e. The summed E-state index contributed by atoms with van der Waals surface area (Å²) in [6, 6.07) is 66.2. The molecular formula is C49H30N2S. The second-order valence-corrected chi connectivity index (χ2v) is 14.6. The van der Waals surface area contributed by atoms with Crippen LogP contribution >= 0.6 is 11.8 Å². The topological polar surface area (TPSA) is 16.1 Å². The van der Waals surface area contributed by atoms with Crippen LogP contribution in [0, 0.1) is 0 Å². The minimum Gasteiger partial charge on any atom is -0.308 e. The first kappa shape index (κ1) is 29.3. The second kappa shape index (κ2) is 11.6. The Morgan fingerprint density at radius 2 is 1.00 bits per heavy atom. The monoisotopic (exact) mass is 678 g/mol. The van der Waals surface area contributed by atoms with E-state index < -0.39 is 0 Å². The number of hydrogen-bond donors (Lipinski definition) is 0. The summed E-state index contributed by atoms with van der Waals surface area (Å²) in [6.45, 7) is 0. The van der Waals surface area contributed by atoms with Crippen molar-refractivity contribution in [3.63, 3.8) is 0 Å². The van der Waals surface area contributed by atoms with Gasteiger partial charge in [-0.2, -0.15) is 0 Å².